The first-order valence-corrected chi connectivity index (χ1v) is 10.4. The SMILES string of the molecule is CCOC(=O)C(Nc1nc2nn(C)cc2c2nc(-c3ccco3)nn12)C(O)c1ccccc1. The first kappa shape index (κ1) is 20.6. The Morgan fingerprint density at radius 1 is 1.18 bits per heavy atom. The summed E-state index contributed by atoms with van der Waals surface area (Å²) in [6.07, 6.45) is 2.11. The number of fused-ring (bicyclic) bond motifs is 3. The zero-order valence-electron chi connectivity index (χ0n) is 17.9. The van der Waals surface area contributed by atoms with Gasteiger partial charge in [0.05, 0.1) is 18.3 Å². The predicted octanol–water partition coefficient (Wildman–Crippen LogP) is 2.35. The number of carbonyl (C=O) groups is 1. The van der Waals surface area contributed by atoms with Crippen molar-refractivity contribution >= 4 is 28.6 Å². The minimum absolute atomic E-state index is 0.159. The highest BCUT2D eigenvalue weighted by Crippen LogP contribution is 2.26. The normalized spacial score (nSPS) is 13.3. The molecule has 0 saturated carbocycles. The number of benzene rings is 1. The van der Waals surface area contributed by atoms with Gasteiger partial charge in [-0.25, -0.2) is 9.78 Å². The molecule has 0 aliphatic carbocycles. The number of ether oxygens (including phenoxy) is 1. The molecule has 11 heteroatoms. The van der Waals surface area contributed by atoms with E-state index < -0.39 is 18.1 Å². The lowest BCUT2D eigenvalue weighted by Gasteiger charge is -2.23. The summed E-state index contributed by atoms with van der Waals surface area (Å²) in [6.45, 7) is 1.86. The fourth-order valence-electron chi connectivity index (χ4n) is 3.58. The minimum atomic E-state index is -1.20. The van der Waals surface area contributed by atoms with Crippen molar-refractivity contribution in [2.75, 3.05) is 11.9 Å². The van der Waals surface area contributed by atoms with E-state index in [-0.39, 0.29) is 12.6 Å². The lowest BCUT2D eigenvalue weighted by molar-refractivity contribution is -0.146. The van der Waals surface area contributed by atoms with Crippen molar-refractivity contribution in [3.63, 3.8) is 0 Å². The molecule has 11 nitrogen and oxygen atoms in total. The monoisotopic (exact) mass is 447 g/mol. The Labute approximate surface area is 187 Å². The van der Waals surface area contributed by atoms with Gasteiger partial charge in [0.2, 0.25) is 11.8 Å². The average Bonchev–Trinajstić information content (AvgIpc) is 3.56. The Morgan fingerprint density at radius 3 is 2.73 bits per heavy atom. The van der Waals surface area contributed by atoms with E-state index in [1.165, 1.54) is 10.8 Å². The number of nitrogens with one attached hydrogen (secondary N) is 1. The Morgan fingerprint density at radius 2 is 2.00 bits per heavy atom. The van der Waals surface area contributed by atoms with Crippen LogP contribution in [0, 0.1) is 0 Å². The molecule has 1 aromatic carbocycles. The molecule has 0 bridgehead atoms. The van der Waals surface area contributed by atoms with Crippen LogP contribution >= 0.6 is 0 Å². The first-order valence-electron chi connectivity index (χ1n) is 10.4. The van der Waals surface area contributed by atoms with Crippen LogP contribution in [0.15, 0.2) is 59.3 Å². The maximum atomic E-state index is 12.8. The predicted molar refractivity (Wildman–Crippen MR) is 118 cm³/mol. The second kappa shape index (κ2) is 8.36. The van der Waals surface area contributed by atoms with Crippen LogP contribution in [0.25, 0.3) is 28.3 Å². The molecule has 0 aliphatic heterocycles. The van der Waals surface area contributed by atoms with Crippen molar-refractivity contribution in [3.05, 3.63) is 60.5 Å². The van der Waals surface area contributed by atoms with Crippen LogP contribution in [0.2, 0.25) is 0 Å². The topological polar surface area (TPSA) is 133 Å². The molecule has 2 unspecified atom stereocenters. The summed E-state index contributed by atoms with van der Waals surface area (Å²) < 4.78 is 13.7. The molecule has 0 spiro atoms. The molecule has 33 heavy (non-hydrogen) atoms. The molecule has 0 amide bonds. The number of rotatable bonds is 7. The zero-order chi connectivity index (χ0) is 22.9. The van der Waals surface area contributed by atoms with Crippen molar-refractivity contribution in [1.82, 2.24) is 29.4 Å². The summed E-state index contributed by atoms with van der Waals surface area (Å²) in [5, 5.41) is 23.6. The third-order valence-electron chi connectivity index (χ3n) is 5.09. The van der Waals surface area contributed by atoms with Gasteiger partial charge in [0.1, 0.15) is 6.10 Å². The van der Waals surface area contributed by atoms with E-state index >= 15 is 0 Å². The molecule has 0 aliphatic rings. The second-order valence-electron chi connectivity index (χ2n) is 7.35. The number of aliphatic hydroxyl groups is 1. The Hall–Kier alpha value is -4.25. The van der Waals surface area contributed by atoms with E-state index in [0.29, 0.717) is 33.8 Å². The number of hydrogen-bond acceptors (Lipinski definition) is 9. The Bertz CT molecular complexity index is 1410. The second-order valence-corrected chi connectivity index (χ2v) is 7.35. The molecular formula is C22H21N7O4. The largest absolute Gasteiger partial charge is 0.464 e. The van der Waals surface area contributed by atoms with Crippen molar-refractivity contribution in [3.8, 4) is 11.6 Å². The molecule has 5 aromatic rings. The van der Waals surface area contributed by atoms with Crippen molar-refractivity contribution in [1.29, 1.82) is 0 Å². The van der Waals surface area contributed by atoms with Gasteiger partial charge in [-0.1, -0.05) is 30.3 Å². The molecule has 168 valence electrons. The van der Waals surface area contributed by atoms with Gasteiger partial charge in [-0.2, -0.15) is 14.6 Å². The molecule has 0 saturated heterocycles. The molecular weight excluding hydrogens is 426 g/mol. The van der Waals surface area contributed by atoms with E-state index in [1.807, 2.05) is 6.07 Å². The van der Waals surface area contributed by atoms with Crippen molar-refractivity contribution in [2.24, 2.45) is 7.05 Å². The number of carbonyl (C=O) groups excluding carboxylic acids is 1. The molecule has 5 rings (SSSR count). The minimum Gasteiger partial charge on any atom is -0.464 e. The van der Waals surface area contributed by atoms with E-state index in [1.54, 1.807) is 61.2 Å². The van der Waals surface area contributed by atoms with E-state index in [0.717, 1.165) is 0 Å². The summed E-state index contributed by atoms with van der Waals surface area (Å²) >= 11 is 0. The third kappa shape index (κ3) is 3.78. The number of furan rings is 1. The number of aromatic nitrogens is 6. The van der Waals surface area contributed by atoms with Gasteiger partial charge in [-0.15, -0.1) is 5.10 Å². The molecule has 0 radical (unpaired) electrons. The highest BCUT2D eigenvalue weighted by atomic mass is 16.5. The maximum absolute atomic E-state index is 12.8. The van der Waals surface area contributed by atoms with E-state index in [2.05, 4.69) is 25.5 Å². The van der Waals surface area contributed by atoms with Crippen LogP contribution in [0.3, 0.4) is 0 Å². The number of esters is 1. The van der Waals surface area contributed by atoms with Crippen LogP contribution in [0.4, 0.5) is 5.95 Å². The summed E-state index contributed by atoms with van der Waals surface area (Å²) in [7, 11) is 1.77. The molecule has 2 atom stereocenters. The molecule has 0 fully saturated rings. The summed E-state index contributed by atoms with van der Waals surface area (Å²) in [5.41, 5.74) is 1.43. The summed E-state index contributed by atoms with van der Waals surface area (Å²) in [4.78, 5) is 21.9. The van der Waals surface area contributed by atoms with Gasteiger partial charge in [0, 0.05) is 13.2 Å². The van der Waals surface area contributed by atoms with Crippen molar-refractivity contribution < 1.29 is 19.1 Å². The van der Waals surface area contributed by atoms with Gasteiger partial charge < -0.3 is 19.6 Å². The quantitative estimate of drug-likeness (QED) is 0.361. The third-order valence-corrected chi connectivity index (χ3v) is 5.09. The van der Waals surface area contributed by atoms with E-state index in [4.69, 9.17) is 9.15 Å². The van der Waals surface area contributed by atoms with Gasteiger partial charge in [-0.3, -0.25) is 4.68 Å². The number of aryl methyl sites for hydroxylation is 1. The lowest BCUT2D eigenvalue weighted by atomic mass is 10.0. The zero-order valence-corrected chi connectivity index (χ0v) is 17.9. The number of aliphatic hydroxyl groups excluding tert-OH is 1. The first-order chi connectivity index (χ1) is 16.0. The average molecular weight is 447 g/mol. The van der Waals surface area contributed by atoms with Crippen molar-refractivity contribution in [2.45, 2.75) is 19.1 Å². The Balaban J connectivity index is 1.63. The van der Waals surface area contributed by atoms with Gasteiger partial charge in [-0.05, 0) is 24.6 Å². The number of nitrogens with zero attached hydrogens (tertiary/aromatic N) is 6. The van der Waals surface area contributed by atoms with Crippen LogP contribution in [-0.4, -0.2) is 53.1 Å². The van der Waals surface area contributed by atoms with Gasteiger partial charge in [0.15, 0.2) is 23.1 Å². The molecule has 2 N–H and O–H groups in total. The van der Waals surface area contributed by atoms with Crippen LogP contribution in [0.1, 0.15) is 18.6 Å². The highest BCUT2D eigenvalue weighted by molar-refractivity contribution is 5.90. The fraction of sp³-hybridized carbons (Fsp3) is 0.227. The standard InChI is InChI=1S/C22H21N7O4/c1-3-32-21(31)16(17(30)13-8-5-4-6-9-13)23-22-25-18-14(12-28(2)26-18)20-24-19(27-29(20)22)15-10-7-11-33-15/h4-12,16-17,30H,3H2,1-2H3,(H,23,25,26). The summed E-state index contributed by atoms with van der Waals surface area (Å²) in [5.74, 6) is 0.372. The number of hydrogen-bond donors (Lipinski definition) is 2. The fourth-order valence-corrected chi connectivity index (χ4v) is 3.58. The van der Waals surface area contributed by atoms with Gasteiger partial charge >= 0.3 is 5.97 Å². The smallest absolute Gasteiger partial charge is 0.331 e. The van der Waals surface area contributed by atoms with E-state index in [9.17, 15) is 9.90 Å². The Kier molecular flexibility index (Phi) is 5.23. The van der Waals surface area contributed by atoms with Crippen LogP contribution < -0.4 is 5.32 Å². The molecule has 4 heterocycles. The van der Waals surface area contributed by atoms with Crippen LogP contribution in [0.5, 0.6) is 0 Å². The summed E-state index contributed by atoms with van der Waals surface area (Å²) in [6, 6.07) is 11.2. The highest BCUT2D eigenvalue weighted by Gasteiger charge is 2.31. The lowest BCUT2D eigenvalue weighted by Crippen LogP contribution is -2.38. The molecule has 4 aromatic heterocycles. The number of anilines is 1. The van der Waals surface area contributed by atoms with Crippen LogP contribution in [-0.2, 0) is 16.6 Å². The van der Waals surface area contributed by atoms with Gasteiger partial charge in [0.25, 0.3) is 0 Å². The maximum Gasteiger partial charge on any atom is 0.331 e.